The molecular weight excluding hydrogens is 415 g/mol. The smallest absolute Gasteiger partial charge is 0.227 e. The second-order valence-electron chi connectivity index (χ2n) is 9.86. The first kappa shape index (κ1) is 22.1. The number of benzene rings is 2. The molecule has 1 unspecified atom stereocenters. The van der Waals surface area contributed by atoms with Crippen LogP contribution in [0, 0.1) is 22.6 Å². The third-order valence-corrected chi connectivity index (χ3v) is 8.26. The minimum Gasteiger partial charge on any atom is -0.355 e. The summed E-state index contributed by atoms with van der Waals surface area (Å²) in [5.41, 5.74) is 1.42. The standard InChI is InChI=1S/C27H31FN4O/c28-23-8-6-22(7-9-23)24-18-30-25(33)27(24)12-16-32(17-13-27)26(20-29)10-14-31(15-11-26)19-21-4-2-1-3-5-21/h1-9,24H,10-19H2,(H,30,33). The van der Waals surface area contributed by atoms with Gasteiger partial charge in [-0.3, -0.25) is 14.6 Å². The Bertz CT molecular complexity index is 1020. The van der Waals surface area contributed by atoms with Crippen molar-refractivity contribution < 1.29 is 9.18 Å². The number of carbonyl (C=O) groups excluding carboxylic acids is 1. The van der Waals surface area contributed by atoms with Gasteiger partial charge in [-0.1, -0.05) is 42.5 Å². The van der Waals surface area contributed by atoms with Crippen molar-refractivity contribution in [1.82, 2.24) is 15.1 Å². The summed E-state index contributed by atoms with van der Waals surface area (Å²) >= 11 is 0. The number of nitrogens with zero attached hydrogens (tertiary/aromatic N) is 3. The number of carbonyl (C=O) groups is 1. The Kier molecular flexibility index (Phi) is 5.94. The first-order valence-electron chi connectivity index (χ1n) is 12.0. The number of hydrogen-bond donors (Lipinski definition) is 1. The number of rotatable bonds is 4. The fourth-order valence-corrected chi connectivity index (χ4v) is 6.19. The van der Waals surface area contributed by atoms with E-state index in [1.54, 1.807) is 0 Å². The summed E-state index contributed by atoms with van der Waals surface area (Å²) in [6.07, 6.45) is 3.13. The number of nitriles is 1. The van der Waals surface area contributed by atoms with Gasteiger partial charge in [0.2, 0.25) is 5.91 Å². The fourth-order valence-electron chi connectivity index (χ4n) is 6.19. The first-order chi connectivity index (χ1) is 16.0. The van der Waals surface area contributed by atoms with Gasteiger partial charge in [-0.25, -0.2) is 4.39 Å². The van der Waals surface area contributed by atoms with E-state index in [-0.39, 0.29) is 17.6 Å². The van der Waals surface area contributed by atoms with Crippen LogP contribution >= 0.6 is 0 Å². The van der Waals surface area contributed by atoms with E-state index in [0.717, 1.165) is 64.0 Å². The molecule has 0 aliphatic carbocycles. The van der Waals surface area contributed by atoms with Gasteiger partial charge in [0.05, 0.1) is 11.5 Å². The zero-order valence-electron chi connectivity index (χ0n) is 19.0. The Hall–Kier alpha value is -2.75. The molecule has 172 valence electrons. The van der Waals surface area contributed by atoms with E-state index in [1.807, 2.05) is 18.2 Å². The van der Waals surface area contributed by atoms with Crippen molar-refractivity contribution >= 4 is 5.91 Å². The summed E-state index contributed by atoms with van der Waals surface area (Å²) in [7, 11) is 0. The molecule has 2 aromatic carbocycles. The third-order valence-electron chi connectivity index (χ3n) is 8.26. The molecule has 3 aliphatic heterocycles. The monoisotopic (exact) mass is 446 g/mol. The highest BCUT2D eigenvalue weighted by atomic mass is 19.1. The number of hydrogen-bond acceptors (Lipinski definition) is 4. The van der Waals surface area contributed by atoms with Crippen LogP contribution in [0.5, 0.6) is 0 Å². The SMILES string of the molecule is N#CC1(N2CCC3(CC2)C(=O)NCC3c2ccc(F)cc2)CCN(Cc2ccccc2)CC1. The Balaban J connectivity index is 1.25. The van der Waals surface area contributed by atoms with Crippen molar-refractivity contribution in [3.05, 3.63) is 71.5 Å². The molecule has 5 rings (SSSR count). The van der Waals surface area contributed by atoms with Crippen LogP contribution in [0.3, 0.4) is 0 Å². The van der Waals surface area contributed by atoms with Crippen molar-refractivity contribution in [2.75, 3.05) is 32.7 Å². The predicted molar refractivity (Wildman–Crippen MR) is 125 cm³/mol. The molecule has 0 saturated carbocycles. The maximum Gasteiger partial charge on any atom is 0.227 e. The van der Waals surface area contributed by atoms with E-state index in [0.29, 0.717) is 6.54 Å². The molecule has 3 fully saturated rings. The van der Waals surface area contributed by atoms with Gasteiger partial charge in [0.15, 0.2) is 0 Å². The molecule has 1 amide bonds. The van der Waals surface area contributed by atoms with Crippen molar-refractivity contribution in [2.45, 2.75) is 43.7 Å². The van der Waals surface area contributed by atoms with E-state index in [4.69, 9.17) is 0 Å². The second-order valence-corrected chi connectivity index (χ2v) is 9.86. The Morgan fingerprint density at radius 1 is 0.970 bits per heavy atom. The van der Waals surface area contributed by atoms with E-state index in [2.05, 4.69) is 45.5 Å². The molecule has 6 heteroatoms. The van der Waals surface area contributed by atoms with Gasteiger partial charge in [0.1, 0.15) is 11.4 Å². The van der Waals surface area contributed by atoms with Crippen LogP contribution in [0.25, 0.3) is 0 Å². The van der Waals surface area contributed by atoms with Crippen molar-refractivity contribution in [3.8, 4) is 6.07 Å². The molecule has 1 N–H and O–H groups in total. The maximum absolute atomic E-state index is 13.4. The van der Waals surface area contributed by atoms with Crippen LogP contribution in [-0.2, 0) is 11.3 Å². The van der Waals surface area contributed by atoms with Crippen LogP contribution in [0.2, 0.25) is 0 Å². The van der Waals surface area contributed by atoms with Crippen LogP contribution < -0.4 is 5.32 Å². The Labute approximate surface area is 195 Å². The molecule has 1 spiro atoms. The van der Waals surface area contributed by atoms with E-state index in [1.165, 1.54) is 17.7 Å². The summed E-state index contributed by atoms with van der Waals surface area (Å²) in [6, 6.07) is 19.7. The average molecular weight is 447 g/mol. The quantitative estimate of drug-likeness (QED) is 0.779. The third kappa shape index (κ3) is 4.05. The maximum atomic E-state index is 13.4. The number of halogens is 1. The molecule has 0 bridgehead atoms. The molecule has 3 aliphatic rings. The van der Waals surface area contributed by atoms with Crippen LogP contribution in [-0.4, -0.2) is 54.0 Å². The molecule has 0 radical (unpaired) electrons. The molecule has 33 heavy (non-hydrogen) atoms. The lowest BCUT2D eigenvalue weighted by Gasteiger charge is -2.49. The molecule has 2 aromatic rings. The van der Waals surface area contributed by atoms with Crippen LogP contribution in [0.1, 0.15) is 42.7 Å². The molecule has 3 saturated heterocycles. The normalized spacial score (nSPS) is 25.0. The highest BCUT2D eigenvalue weighted by Gasteiger charge is 2.54. The predicted octanol–water partition coefficient (Wildman–Crippen LogP) is 3.68. The summed E-state index contributed by atoms with van der Waals surface area (Å²) in [4.78, 5) is 17.7. The molecular formula is C27H31FN4O. The van der Waals surface area contributed by atoms with E-state index in [9.17, 15) is 14.4 Å². The Morgan fingerprint density at radius 3 is 2.27 bits per heavy atom. The molecule has 3 heterocycles. The highest BCUT2D eigenvalue weighted by molar-refractivity contribution is 5.86. The number of piperidine rings is 2. The minimum absolute atomic E-state index is 0.0542. The second kappa shape index (κ2) is 8.89. The average Bonchev–Trinajstić information content (AvgIpc) is 3.16. The van der Waals surface area contributed by atoms with Crippen molar-refractivity contribution in [3.63, 3.8) is 0 Å². The van der Waals surface area contributed by atoms with Gasteiger partial charge < -0.3 is 5.32 Å². The number of likely N-dealkylation sites (tertiary alicyclic amines) is 2. The van der Waals surface area contributed by atoms with Gasteiger partial charge >= 0.3 is 0 Å². The van der Waals surface area contributed by atoms with Crippen molar-refractivity contribution in [1.29, 1.82) is 5.26 Å². The molecule has 1 atom stereocenters. The molecule has 0 aromatic heterocycles. The lowest BCUT2D eigenvalue weighted by atomic mass is 9.67. The Morgan fingerprint density at radius 2 is 1.64 bits per heavy atom. The van der Waals surface area contributed by atoms with Gasteiger partial charge in [-0.15, -0.1) is 0 Å². The molecule has 5 nitrogen and oxygen atoms in total. The van der Waals surface area contributed by atoms with Crippen molar-refractivity contribution in [2.24, 2.45) is 5.41 Å². The van der Waals surface area contributed by atoms with Gasteiger partial charge in [-0.2, -0.15) is 5.26 Å². The van der Waals surface area contributed by atoms with Gasteiger partial charge in [0, 0.05) is 45.2 Å². The number of amides is 1. The first-order valence-corrected chi connectivity index (χ1v) is 12.0. The highest BCUT2D eigenvalue weighted by Crippen LogP contribution is 2.49. The zero-order valence-corrected chi connectivity index (χ0v) is 19.0. The summed E-state index contributed by atoms with van der Waals surface area (Å²) in [6.45, 7) is 4.83. The van der Waals surface area contributed by atoms with Crippen LogP contribution in [0.15, 0.2) is 54.6 Å². The summed E-state index contributed by atoms with van der Waals surface area (Å²) < 4.78 is 13.4. The lowest BCUT2D eigenvalue weighted by Crippen LogP contribution is -2.58. The fraction of sp³-hybridized carbons (Fsp3) is 0.481. The topological polar surface area (TPSA) is 59.4 Å². The van der Waals surface area contributed by atoms with Crippen LogP contribution in [0.4, 0.5) is 4.39 Å². The number of nitrogens with one attached hydrogen (secondary N) is 1. The lowest BCUT2D eigenvalue weighted by molar-refractivity contribution is -0.131. The van der Waals surface area contributed by atoms with E-state index >= 15 is 0 Å². The largest absolute Gasteiger partial charge is 0.355 e. The minimum atomic E-state index is -0.459. The summed E-state index contributed by atoms with van der Waals surface area (Å²) in [5, 5.41) is 13.3. The van der Waals surface area contributed by atoms with Gasteiger partial charge in [-0.05, 0) is 48.9 Å². The van der Waals surface area contributed by atoms with E-state index < -0.39 is 11.0 Å². The summed E-state index contributed by atoms with van der Waals surface area (Å²) in [5.74, 6) is -0.0897. The van der Waals surface area contributed by atoms with Gasteiger partial charge in [0.25, 0.3) is 0 Å². The zero-order chi connectivity index (χ0) is 22.9.